The van der Waals surface area contributed by atoms with Gasteiger partial charge in [-0.05, 0) is 66.1 Å². The van der Waals surface area contributed by atoms with E-state index >= 15 is 0 Å². The lowest BCUT2D eigenvalue weighted by Gasteiger charge is -2.52. The Labute approximate surface area is 141 Å². The van der Waals surface area contributed by atoms with Crippen LogP contribution in [-0.2, 0) is 9.53 Å². The van der Waals surface area contributed by atoms with Crippen LogP contribution in [0.3, 0.4) is 0 Å². The molecule has 3 fully saturated rings. The summed E-state index contributed by atoms with van der Waals surface area (Å²) in [5, 5.41) is 0. The van der Waals surface area contributed by atoms with Gasteiger partial charge in [-0.1, -0.05) is 46.4 Å². The van der Waals surface area contributed by atoms with Crippen LogP contribution in [0, 0.1) is 46.3 Å². The largest absolute Gasteiger partial charge is 0.466 e. The molecule has 0 aromatic carbocycles. The van der Waals surface area contributed by atoms with Crippen molar-refractivity contribution in [2.45, 2.75) is 47.5 Å². The van der Waals surface area contributed by atoms with Crippen molar-refractivity contribution in [2.75, 3.05) is 7.11 Å². The zero-order chi connectivity index (χ0) is 17.2. The molecule has 0 radical (unpaired) electrons. The van der Waals surface area contributed by atoms with Crippen molar-refractivity contribution < 1.29 is 9.53 Å². The molecule has 23 heavy (non-hydrogen) atoms. The van der Waals surface area contributed by atoms with Gasteiger partial charge in [0.25, 0.3) is 0 Å². The smallest absolute Gasteiger partial charge is 0.332 e. The van der Waals surface area contributed by atoms with Gasteiger partial charge in [-0.2, -0.15) is 0 Å². The molecule has 0 aromatic rings. The van der Waals surface area contributed by atoms with Crippen molar-refractivity contribution in [3.8, 4) is 0 Å². The molecular weight excluding hydrogens is 284 g/mol. The van der Waals surface area contributed by atoms with Crippen LogP contribution in [0.1, 0.15) is 47.5 Å². The third kappa shape index (κ3) is 2.16. The first-order valence-corrected chi connectivity index (χ1v) is 9.05. The number of allylic oxidation sites excluding steroid dienone is 2. The molecule has 4 aliphatic carbocycles. The molecular formula is C21H32O2. The van der Waals surface area contributed by atoms with Crippen molar-refractivity contribution in [3.63, 3.8) is 0 Å². The zero-order valence-electron chi connectivity index (χ0n) is 15.6. The molecule has 4 bridgehead atoms. The van der Waals surface area contributed by atoms with Gasteiger partial charge >= 0.3 is 5.97 Å². The van der Waals surface area contributed by atoms with E-state index in [1.54, 1.807) is 6.92 Å². The molecule has 0 aromatic heterocycles. The highest BCUT2D eigenvalue weighted by Gasteiger charge is 2.69. The zero-order valence-corrected chi connectivity index (χ0v) is 15.6. The number of hydrogen-bond donors (Lipinski definition) is 0. The summed E-state index contributed by atoms with van der Waals surface area (Å²) in [6.45, 7) is 15.1. The first-order valence-electron chi connectivity index (χ1n) is 9.05. The number of carbonyl (C=O) groups excluding carboxylic acids is 1. The van der Waals surface area contributed by atoms with Gasteiger partial charge in [0.15, 0.2) is 0 Å². The molecule has 0 N–H and O–H groups in total. The number of carbonyl (C=O) groups is 1. The van der Waals surface area contributed by atoms with Crippen LogP contribution in [0.25, 0.3) is 0 Å². The van der Waals surface area contributed by atoms with Gasteiger partial charge in [0.05, 0.1) is 7.11 Å². The van der Waals surface area contributed by atoms with Crippen molar-refractivity contribution >= 4 is 5.97 Å². The van der Waals surface area contributed by atoms with Crippen LogP contribution in [0.2, 0.25) is 0 Å². The highest BCUT2D eigenvalue weighted by Crippen LogP contribution is 2.75. The summed E-state index contributed by atoms with van der Waals surface area (Å²) in [6, 6.07) is 0. The van der Waals surface area contributed by atoms with Crippen LogP contribution in [-0.4, -0.2) is 13.1 Å². The Kier molecular flexibility index (Phi) is 3.82. The lowest BCUT2D eigenvalue weighted by Crippen LogP contribution is -2.47. The predicted octanol–water partition coefficient (Wildman–Crippen LogP) is 4.86. The lowest BCUT2D eigenvalue weighted by atomic mass is 9.52. The molecule has 0 heterocycles. The summed E-state index contributed by atoms with van der Waals surface area (Å²) in [5.74, 6) is 5.71. The summed E-state index contributed by atoms with van der Waals surface area (Å²) < 4.78 is 4.27. The fraction of sp³-hybridized carbons (Fsp3) is 0.762. The average molecular weight is 316 g/mol. The Hall–Kier alpha value is -1.05. The summed E-state index contributed by atoms with van der Waals surface area (Å²) in [6.07, 6.45) is 8.13. The Balaban J connectivity index is 0.000000193. The fourth-order valence-corrected chi connectivity index (χ4v) is 6.30. The Morgan fingerprint density at radius 1 is 1.00 bits per heavy atom. The maximum atomic E-state index is 10.2. The van der Waals surface area contributed by atoms with Gasteiger partial charge < -0.3 is 4.74 Å². The first-order chi connectivity index (χ1) is 10.6. The first kappa shape index (κ1) is 16.8. The highest BCUT2D eigenvalue weighted by molar-refractivity contribution is 5.86. The third-order valence-corrected chi connectivity index (χ3v) is 8.07. The van der Waals surface area contributed by atoms with Gasteiger partial charge in [-0.25, -0.2) is 4.79 Å². The minimum atomic E-state index is -0.347. The van der Waals surface area contributed by atoms with Gasteiger partial charge in [-0.3, -0.25) is 0 Å². The van der Waals surface area contributed by atoms with E-state index in [0.717, 1.165) is 35.5 Å². The minimum absolute atomic E-state index is 0.347. The number of hydrogen-bond acceptors (Lipinski definition) is 2. The van der Waals surface area contributed by atoms with Gasteiger partial charge in [0, 0.05) is 5.57 Å². The molecule has 6 unspecified atom stereocenters. The van der Waals surface area contributed by atoms with Crippen molar-refractivity contribution in [3.05, 3.63) is 24.3 Å². The second-order valence-electron chi connectivity index (χ2n) is 9.27. The van der Waals surface area contributed by atoms with Gasteiger partial charge in [-0.15, -0.1) is 0 Å². The second-order valence-corrected chi connectivity index (χ2v) is 9.27. The summed E-state index contributed by atoms with van der Waals surface area (Å²) in [5.41, 5.74) is 1.57. The van der Waals surface area contributed by atoms with E-state index in [2.05, 4.69) is 51.2 Å². The molecule has 2 nitrogen and oxygen atoms in total. The second kappa shape index (κ2) is 5.22. The Morgan fingerprint density at radius 2 is 1.43 bits per heavy atom. The van der Waals surface area contributed by atoms with E-state index in [4.69, 9.17) is 0 Å². The van der Waals surface area contributed by atoms with Crippen molar-refractivity contribution in [2.24, 2.45) is 46.3 Å². The summed E-state index contributed by atoms with van der Waals surface area (Å²) >= 11 is 0. The molecule has 4 aliphatic rings. The van der Waals surface area contributed by atoms with Crippen molar-refractivity contribution in [1.29, 1.82) is 0 Å². The van der Waals surface area contributed by atoms with Crippen LogP contribution in [0.15, 0.2) is 24.3 Å². The van der Waals surface area contributed by atoms with E-state index in [9.17, 15) is 4.79 Å². The van der Waals surface area contributed by atoms with E-state index in [0.29, 0.717) is 16.4 Å². The molecule has 0 amide bonds. The van der Waals surface area contributed by atoms with Gasteiger partial charge in [0.2, 0.25) is 0 Å². The lowest BCUT2D eigenvalue weighted by molar-refractivity contribution is -0.136. The standard InChI is InChI=1S/C16H24.C5H8O2/c1-15(2)11-8-12(16(15,3)4)14-10-6-5-9(7-10)13(11)14;1-4(2)5(6)7-3/h5-6,9-14H,7-8H2,1-4H3;1H2,2-3H3. The van der Waals surface area contributed by atoms with Crippen LogP contribution < -0.4 is 0 Å². The van der Waals surface area contributed by atoms with Gasteiger partial charge in [0.1, 0.15) is 0 Å². The summed E-state index contributed by atoms with van der Waals surface area (Å²) in [4.78, 5) is 10.2. The normalized spacial score (nSPS) is 42.9. The molecule has 6 atom stereocenters. The quantitative estimate of drug-likeness (QED) is 0.299. The van der Waals surface area contributed by atoms with E-state index in [1.807, 2.05) is 0 Å². The maximum Gasteiger partial charge on any atom is 0.332 e. The molecule has 2 heteroatoms. The number of fused-ring (bicyclic) bond motifs is 9. The number of rotatable bonds is 1. The number of esters is 1. The Morgan fingerprint density at radius 3 is 1.74 bits per heavy atom. The average Bonchev–Trinajstić information content (AvgIpc) is 3.19. The van der Waals surface area contributed by atoms with Crippen LogP contribution >= 0.6 is 0 Å². The highest BCUT2D eigenvalue weighted by atomic mass is 16.5. The van der Waals surface area contributed by atoms with Crippen molar-refractivity contribution in [1.82, 2.24) is 0 Å². The minimum Gasteiger partial charge on any atom is -0.466 e. The van der Waals surface area contributed by atoms with E-state index < -0.39 is 0 Å². The van der Waals surface area contributed by atoms with E-state index in [-0.39, 0.29) is 5.97 Å². The monoisotopic (exact) mass is 316 g/mol. The predicted molar refractivity (Wildman–Crippen MR) is 93.7 cm³/mol. The molecule has 0 spiro atoms. The molecule has 4 rings (SSSR count). The topological polar surface area (TPSA) is 26.3 Å². The maximum absolute atomic E-state index is 10.2. The molecule has 0 aliphatic heterocycles. The number of methoxy groups -OCH3 is 1. The Bertz CT molecular complexity index is 520. The molecule has 0 saturated heterocycles. The van der Waals surface area contributed by atoms with E-state index in [1.165, 1.54) is 20.0 Å². The fourth-order valence-electron chi connectivity index (χ4n) is 6.30. The number of ether oxygens (including phenoxy) is 1. The van der Waals surface area contributed by atoms with Crippen LogP contribution in [0.4, 0.5) is 0 Å². The third-order valence-electron chi connectivity index (χ3n) is 8.07. The SMILES string of the molecule is C=C(C)C(=O)OC.CC1(C)C2CC(C3C4C=CC(C4)C32)C1(C)C. The molecule has 3 saturated carbocycles. The molecule has 128 valence electrons. The van der Waals surface area contributed by atoms with Crippen LogP contribution in [0.5, 0.6) is 0 Å². The summed E-state index contributed by atoms with van der Waals surface area (Å²) in [7, 11) is 1.33.